The van der Waals surface area contributed by atoms with E-state index in [1.165, 1.54) is 22.7 Å². The molecule has 0 radical (unpaired) electrons. The minimum absolute atomic E-state index is 0.393. The first kappa shape index (κ1) is 18.4. The van der Waals surface area contributed by atoms with Crippen LogP contribution in [0.3, 0.4) is 0 Å². The van der Waals surface area contributed by atoms with Gasteiger partial charge in [-0.15, -0.1) is 22.7 Å². The number of esters is 1. The number of amides is 1. The van der Waals surface area contributed by atoms with Crippen LogP contribution in [0.4, 0.5) is 0 Å². The molecular weight excluding hydrogens is 368 g/mol. The van der Waals surface area contributed by atoms with Crippen molar-refractivity contribution in [2.45, 2.75) is 31.2 Å². The number of nitrogens with one attached hydrogen (secondary N) is 1. The molecule has 1 saturated carbocycles. The van der Waals surface area contributed by atoms with E-state index >= 15 is 0 Å². The van der Waals surface area contributed by atoms with Crippen LogP contribution in [0, 0.1) is 11.3 Å². The zero-order chi connectivity index (χ0) is 18.4. The molecule has 0 bridgehead atoms. The fourth-order valence-electron chi connectivity index (χ4n) is 2.93. The van der Waals surface area contributed by atoms with E-state index in [0.717, 1.165) is 22.6 Å². The summed E-state index contributed by atoms with van der Waals surface area (Å²) < 4.78 is 5.22. The molecule has 7 heteroatoms. The zero-order valence-corrected chi connectivity index (χ0v) is 15.7. The summed E-state index contributed by atoms with van der Waals surface area (Å²) in [7, 11) is 0. The Morgan fingerprint density at radius 3 is 2.58 bits per heavy atom. The Balaban J connectivity index is 1.65. The van der Waals surface area contributed by atoms with Gasteiger partial charge in [0, 0.05) is 9.75 Å². The smallest absolute Gasteiger partial charge is 0.340 e. The number of nitrogens with zero attached hydrogens (tertiary/aromatic N) is 1. The number of carbonyl (C=O) groups excluding carboxylic acids is 2. The van der Waals surface area contributed by atoms with Crippen LogP contribution in [0.5, 0.6) is 0 Å². The zero-order valence-electron chi connectivity index (χ0n) is 14.1. The van der Waals surface area contributed by atoms with Gasteiger partial charge in [0.25, 0.3) is 5.91 Å². The SMILES string of the molecule is N#CC1(NC(=O)COC(=O)/C(=C/c2cccs2)c2cccs2)CCCC1. The minimum Gasteiger partial charge on any atom is -0.452 e. The molecule has 0 atom stereocenters. The molecule has 0 saturated heterocycles. The first-order valence-electron chi connectivity index (χ1n) is 8.30. The maximum atomic E-state index is 12.5. The van der Waals surface area contributed by atoms with Gasteiger partial charge >= 0.3 is 5.97 Å². The lowest BCUT2D eigenvalue weighted by molar-refractivity contribution is -0.143. The molecule has 2 aromatic rings. The van der Waals surface area contributed by atoms with E-state index in [4.69, 9.17) is 4.74 Å². The number of hydrogen-bond donors (Lipinski definition) is 1. The summed E-state index contributed by atoms with van der Waals surface area (Å²) >= 11 is 2.96. The van der Waals surface area contributed by atoms with Crippen molar-refractivity contribution >= 4 is 46.2 Å². The van der Waals surface area contributed by atoms with Crippen molar-refractivity contribution in [1.82, 2.24) is 5.32 Å². The second-order valence-corrected chi connectivity index (χ2v) is 8.00. The van der Waals surface area contributed by atoms with Gasteiger partial charge < -0.3 is 10.1 Å². The molecule has 26 heavy (non-hydrogen) atoms. The van der Waals surface area contributed by atoms with Crippen LogP contribution in [-0.4, -0.2) is 24.0 Å². The summed E-state index contributed by atoms with van der Waals surface area (Å²) in [5, 5.41) is 15.9. The van der Waals surface area contributed by atoms with Gasteiger partial charge in [-0.05, 0) is 54.7 Å². The van der Waals surface area contributed by atoms with Crippen molar-refractivity contribution in [2.24, 2.45) is 0 Å². The van der Waals surface area contributed by atoms with E-state index in [1.807, 2.05) is 35.0 Å². The quantitative estimate of drug-likeness (QED) is 0.604. The van der Waals surface area contributed by atoms with E-state index in [1.54, 1.807) is 6.08 Å². The lowest BCUT2D eigenvalue weighted by Crippen LogP contribution is -2.46. The monoisotopic (exact) mass is 386 g/mol. The summed E-state index contributed by atoms with van der Waals surface area (Å²) in [6.07, 6.45) is 4.88. The largest absolute Gasteiger partial charge is 0.452 e. The van der Waals surface area contributed by atoms with Gasteiger partial charge in [0.1, 0.15) is 5.54 Å². The molecule has 3 rings (SSSR count). The molecule has 0 spiro atoms. The Kier molecular flexibility index (Phi) is 5.86. The second-order valence-electron chi connectivity index (χ2n) is 6.08. The summed E-state index contributed by atoms with van der Waals surface area (Å²) in [6, 6.07) is 9.71. The Hall–Kier alpha value is -2.43. The summed E-state index contributed by atoms with van der Waals surface area (Å²) in [5.74, 6) is -0.989. The molecule has 1 fully saturated rings. The molecule has 2 heterocycles. The topological polar surface area (TPSA) is 79.2 Å². The predicted molar refractivity (Wildman–Crippen MR) is 102 cm³/mol. The maximum Gasteiger partial charge on any atom is 0.340 e. The molecule has 1 aliphatic carbocycles. The maximum absolute atomic E-state index is 12.5. The van der Waals surface area contributed by atoms with Gasteiger partial charge in [0.15, 0.2) is 6.61 Å². The van der Waals surface area contributed by atoms with Gasteiger partial charge in [-0.25, -0.2) is 4.79 Å². The first-order chi connectivity index (χ1) is 12.6. The van der Waals surface area contributed by atoms with E-state index < -0.39 is 24.0 Å². The van der Waals surface area contributed by atoms with Gasteiger partial charge in [0.05, 0.1) is 11.6 Å². The average Bonchev–Trinajstić information content (AvgIpc) is 3.40. The van der Waals surface area contributed by atoms with Crippen molar-refractivity contribution in [3.8, 4) is 6.07 Å². The van der Waals surface area contributed by atoms with Crippen LogP contribution < -0.4 is 5.32 Å². The normalized spacial score (nSPS) is 16.0. The Bertz CT molecular complexity index is 827. The highest BCUT2D eigenvalue weighted by atomic mass is 32.1. The molecule has 1 aliphatic rings. The molecule has 134 valence electrons. The first-order valence-corrected chi connectivity index (χ1v) is 10.1. The van der Waals surface area contributed by atoms with Gasteiger partial charge in [-0.3, -0.25) is 4.79 Å². The lowest BCUT2D eigenvalue weighted by atomic mass is 10.00. The van der Waals surface area contributed by atoms with Crippen molar-refractivity contribution in [1.29, 1.82) is 5.26 Å². The van der Waals surface area contributed by atoms with E-state index in [9.17, 15) is 14.9 Å². The predicted octanol–water partition coefficient (Wildman–Crippen LogP) is 3.85. The van der Waals surface area contributed by atoms with Crippen molar-refractivity contribution in [3.63, 3.8) is 0 Å². The highest BCUT2D eigenvalue weighted by molar-refractivity contribution is 7.12. The molecule has 0 aromatic carbocycles. The number of thiophene rings is 2. The molecule has 5 nitrogen and oxygen atoms in total. The highest BCUT2D eigenvalue weighted by Crippen LogP contribution is 2.29. The number of carbonyl (C=O) groups is 2. The van der Waals surface area contributed by atoms with E-state index in [0.29, 0.717) is 18.4 Å². The van der Waals surface area contributed by atoms with Crippen LogP contribution in [0.1, 0.15) is 35.4 Å². The molecule has 0 aliphatic heterocycles. The molecule has 2 aromatic heterocycles. The van der Waals surface area contributed by atoms with E-state index in [2.05, 4.69) is 11.4 Å². The van der Waals surface area contributed by atoms with Crippen LogP contribution in [0.25, 0.3) is 11.6 Å². The standard InChI is InChI=1S/C19H18N2O3S2/c20-13-19(7-1-2-8-19)21-17(22)12-24-18(23)15(16-6-4-10-26-16)11-14-5-3-9-25-14/h3-6,9-11H,1-2,7-8,12H2,(H,21,22)/b15-11+. The Morgan fingerprint density at radius 1 is 1.23 bits per heavy atom. The Labute approximate surface area is 159 Å². The van der Waals surface area contributed by atoms with Crippen molar-refractivity contribution in [3.05, 3.63) is 44.8 Å². The van der Waals surface area contributed by atoms with Crippen molar-refractivity contribution in [2.75, 3.05) is 6.61 Å². The van der Waals surface area contributed by atoms with Gasteiger partial charge in [-0.1, -0.05) is 12.1 Å². The third-order valence-electron chi connectivity index (χ3n) is 4.22. The van der Waals surface area contributed by atoms with Crippen LogP contribution in [0.15, 0.2) is 35.0 Å². The number of nitriles is 1. The van der Waals surface area contributed by atoms with Gasteiger partial charge in [0.2, 0.25) is 0 Å². The minimum atomic E-state index is -0.813. The van der Waals surface area contributed by atoms with Crippen molar-refractivity contribution < 1.29 is 14.3 Å². The number of ether oxygens (including phenoxy) is 1. The summed E-state index contributed by atoms with van der Waals surface area (Å²) in [5.41, 5.74) is -0.390. The third-order valence-corrected chi connectivity index (χ3v) is 5.94. The third kappa shape index (κ3) is 4.40. The van der Waals surface area contributed by atoms with Crippen LogP contribution >= 0.6 is 22.7 Å². The average molecular weight is 386 g/mol. The molecule has 1 N–H and O–H groups in total. The van der Waals surface area contributed by atoms with Gasteiger partial charge in [-0.2, -0.15) is 5.26 Å². The number of hydrogen-bond acceptors (Lipinski definition) is 6. The Morgan fingerprint density at radius 2 is 1.96 bits per heavy atom. The fourth-order valence-corrected chi connectivity index (χ4v) is 4.32. The number of rotatable bonds is 6. The second kappa shape index (κ2) is 8.30. The summed E-state index contributed by atoms with van der Waals surface area (Å²) in [4.78, 5) is 26.4. The molecule has 1 amide bonds. The fraction of sp³-hybridized carbons (Fsp3) is 0.316. The molecule has 0 unspecified atom stereocenters. The van der Waals surface area contributed by atoms with Crippen LogP contribution in [-0.2, 0) is 14.3 Å². The molecular formula is C19H18N2O3S2. The van der Waals surface area contributed by atoms with Crippen LogP contribution in [0.2, 0.25) is 0 Å². The van der Waals surface area contributed by atoms with E-state index in [-0.39, 0.29) is 0 Å². The highest BCUT2D eigenvalue weighted by Gasteiger charge is 2.35. The lowest BCUT2D eigenvalue weighted by Gasteiger charge is -2.21. The summed E-state index contributed by atoms with van der Waals surface area (Å²) in [6.45, 7) is -0.393.